The van der Waals surface area contributed by atoms with Crippen LogP contribution in [0.5, 0.6) is 5.75 Å². The van der Waals surface area contributed by atoms with Crippen molar-refractivity contribution in [3.63, 3.8) is 0 Å². The summed E-state index contributed by atoms with van der Waals surface area (Å²) in [5, 5.41) is 9.20. The molecule has 1 aliphatic rings. The molecule has 1 saturated carbocycles. The van der Waals surface area contributed by atoms with Gasteiger partial charge in [0.25, 0.3) is 0 Å². The van der Waals surface area contributed by atoms with Gasteiger partial charge in [-0.25, -0.2) is 4.79 Å². The van der Waals surface area contributed by atoms with Crippen LogP contribution in [-0.2, 0) is 11.3 Å². The highest BCUT2D eigenvalue weighted by molar-refractivity contribution is 5.89. The minimum Gasteiger partial charge on any atom is -0.490 e. The van der Waals surface area contributed by atoms with E-state index in [0.29, 0.717) is 16.9 Å². The molecule has 0 atom stereocenters. The molecule has 4 heteroatoms. The summed E-state index contributed by atoms with van der Waals surface area (Å²) in [6.07, 6.45) is 2.39. The standard InChI is InChI=1S/C12H14O4.C2H6/c1-15-12(14)8-2-5-11(9(6-8)7-13)16-10-3-4-10;1-2/h2,5-6,10,13H,3-4,7H2,1H3;1-2H3. The number of aliphatic hydroxyl groups excluding tert-OH is 1. The smallest absolute Gasteiger partial charge is 0.337 e. The Hall–Kier alpha value is -1.55. The van der Waals surface area contributed by atoms with E-state index in [4.69, 9.17) is 4.74 Å². The molecule has 1 fully saturated rings. The lowest BCUT2D eigenvalue weighted by Gasteiger charge is -2.10. The molecule has 1 N–H and O–H groups in total. The maximum absolute atomic E-state index is 11.3. The van der Waals surface area contributed by atoms with E-state index < -0.39 is 5.97 Å². The van der Waals surface area contributed by atoms with Gasteiger partial charge >= 0.3 is 5.97 Å². The van der Waals surface area contributed by atoms with E-state index in [9.17, 15) is 9.90 Å². The maximum Gasteiger partial charge on any atom is 0.337 e. The van der Waals surface area contributed by atoms with Crippen LogP contribution in [0.25, 0.3) is 0 Å². The molecule has 0 unspecified atom stereocenters. The van der Waals surface area contributed by atoms with Crippen LogP contribution in [0, 0.1) is 0 Å². The largest absolute Gasteiger partial charge is 0.490 e. The first-order valence-electron chi connectivity index (χ1n) is 6.23. The summed E-state index contributed by atoms with van der Waals surface area (Å²) in [6.45, 7) is 3.85. The monoisotopic (exact) mass is 252 g/mol. The number of methoxy groups -OCH3 is 1. The van der Waals surface area contributed by atoms with Gasteiger partial charge in [-0.15, -0.1) is 0 Å². The summed E-state index contributed by atoms with van der Waals surface area (Å²) in [5.41, 5.74) is 1.05. The third kappa shape index (κ3) is 3.74. The normalized spacial score (nSPS) is 13.3. The van der Waals surface area contributed by atoms with E-state index in [1.165, 1.54) is 7.11 Å². The van der Waals surface area contributed by atoms with Crippen LogP contribution in [0.1, 0.15) is 42.6 Å². The van der Waals surface area contributed by atoms with Crippen LogP contribution >= 0.6 is 0 Å². The van der Waals surface area contributed by atoms with E-state index in [1.807, 2.05) is 13.8 Å². The summed E-state index contributed by atoms with van der Waals surface area (Å²) in [4.78, 5) is 11.3. The highest BCUT2D eigenvalue weighted by Crippen LogP contribution is 2.29. The first-order valence-corrected chi connectivity index (χ1v) is 6.23. The Kier molecular flexibility index (Phi) is 5.65. The van der Waals surface area contributed by atoms with Gasteiger partial charge in [-0.2, -0.15) is 0 Å². The van der Waals surface area contributed by atoms with Crippen molar-refractivity contribution in [2.24, 2.45) is 0 Å². The van der Waals surface area contributed by atoms with Crippen molar-refractivity contribution < 1.29 is 19.4 Å². The van der Waals surface area contributed by atoms with Crippen LogP contribution in [0.2, 0.25) is 0 Å². The van der Waals surface area contributed by atoms with Crippen molar-refractivity contribution in [3.8, 4) is 5.75 Å². The summed E-state index contributed by atoms with van der Waals surface area (Å²) >= 11 is 0. The van der Waals surface area contributed by atoms with Gasteiger partial charge in [-0.1, -0.05) is 13.8 Å². The van der Waals surface area contributed by atoms with Crippen LogP contribution in [0.4, 0.5) is 0 Å². The molecule has 100 valence electrons. The lowest BCUT2D eigenvalue weighted by Crippen LogP contribution is -2.05. The highest BCUT2D eigenvalue weighted by Gasteiger charge is 2.24. The number of esters is 1. The number of aliphatic hydroxyl groups is 1. The number of carbonyl (C=O) groups excluding carboxylic acids is 1. The Bertz CT molecular complexity index is 397. The fraction of sp³-hybridized carbons (Fsp3) is 0.500. The number of hydrogen-bond acceptors (Lipinski definition) is 4. The van der Waals surface area contributed by atoms with Crippen molar-refractivity contribution in [2.45, 2.75) is 39.4 Å². The molecule has 0 aromatic heterocycles. The third-order valence-corrected chi connectivity index (χ3v) is 2.47. The van der Waals surface area contributed by atoms with E-state index in [2.05, 4.69) is 4.74 Å². The van der Waals surface area contributed by atoms with Crippen molar-refractivity contribution in [1.82, 2.24) is 0 Å². The first kappa shape index (κ1) is 14.5. The van der Waals surface area contributed by atoms with Gasteiger partial charge in [0, 0.05) is 5.56 Å². The number of benzene rings is 1. The zero-order valence-corrected chi connectivity index (χ0v) is 11.1. The number of hydrogen-bond donors (Lipinski definition) is 1. The van der Waals surface area contributed by atoms with Crippen LogP contribution in [-0.4, -0.2) is 24.3 Å². The van der Waals surface area contributed by atoms with Gasteiger partial charge in [-0.3, -0.25) is 0 Å². The molecule has 0 spiro atoms. The molecular weight excluding hydrogens is 232 g/mol. The molecule has 1 aromatic carbocycles. The number of rotatable bonds is 4. The van der Waals surface area contributed by atoms with Crippen molar-refractivity contribution >= 4 is 5.97 Å². The molecule has 1 aliphatic carbocycles. The number of ether oxygens (including phenoxy) is 2. The SMILES string of the molecule is CC.COC(=O)c1ccc(OC2CC2)c(CO)c1. The minimum atomic E-state index is -0.410. The average Bonchev–Trinajstić information content (AvgIpc) is 3.24. The lowest BCUT2D eigenvalue weighted by atomic mass is 10.1. The maximum atomic E-state index is 11.3. The second-order valence-corrected chi connectivity index (χ2v) is 3.79. The summed E-state index contributed by atoms with van der Waals surface area (Å²) in [5.74, 6) is 0.241. The zero-order chi connectivity index (χ0) is 13.5. The lowest BCUT2D eigenvalue weighted by molar-refractivity contribution is 0.0600. The van der Waals surface area contributed by atoms with E-state index in [0.717, 1.165) is 12.8 Å². The third-order valence-electron chi connectivity index (χ3n) is 2.47. The Labute approximate surface area is 108 Å². The fourth-order valence-corrected chi connectivity index (χ4v) is 1.43. The molecule has 0 amide bonds. The number of carbonyl (C=O) groups is 1. The Morgan fingerprint density at radius 3 is 2.56 bits per heavy atom. The Morgan fingerprint density at radius 2 is 2.06 bits per heavy atom. The first-order chi connectivity index (χ1) is 8.74. The molecule has 0 bridgehead atoms. The molecular formula is C14H20O4. The fourth-order valence-electron chi connectivity index (χ4n) is 1.43. The van der Waals surface area contributed by atoms with Crippen molar-refractivity contribution in [1.29, 1.82) is 0 Å². The predicted octanol–water partition coefficient (Wildman–Crippen LogP) is 2.53. The summed E-state index contributed by atoms with van der Waals surface area (Å²) in [7, 11) is 1.33. The predicted molar refractivity (Wildman–Crippen MR) is 68.7 cm³/mol. The van der Waals surface area contributed by atoms with Gasteiger partial charge in [0.1, 0.15) is 5.75 Å². The van der Waals surface area contributed by atoms with Gasteiger partial charge in [0.2, 0.25) is 0 Å². The Morgan fingerprint density at radius 1 is 1.39 bits per heavy atom. The topological polar surface area (TPSA) is 55.8 Å². The van der Waals surface area contributed by atoms with Gasteiger partial charge in [0.15, 0.2) is 0 Å². The average molecular weight is 252 g/mol. The molecule has 4 nitrogen and oxygen atoms in total. The molecule has 1 aromatic rings. The minimum absolute atomic E-state index is 0.146. The highest BCUT2D eigenvalue weighted by atomic mass is 16.5. The second-order valence-electron chi connectivity index (χ2n) is 3.79. The summed E-state index contributed by atoms with van der Waals surface area (Å²) in [6, 6.07) is 4.95. The van der Waals surface area contributed by atoms with Gasteiger partial charge < -0.3 is 14.6 Å². The van der Waals surface area contributed by atoms with Crippen molar-refractivity contribution in [3.05, 3.63) is 29.3 Å². The van der Waals surface area contributed by atoms with Crippen LogP contribution in [0.3, 0.4) is 0 Å². The molecule has 18 heavy (non-hydrogen) atoms. The second kappa shape index (κ2) is 7.01. The van der Waals surface area contributed by atoms with Gasteiger partial charge in [-0.05, 0) is 31.0 Å². The zero-order valence-electron chi connectivity index (χ0n) is 11.1. The summed E-state index contributed by atoms with van der Waals surface area (Å²) < 4.78 is 10.2. The Balaban J connectivity index is 0.000000771. The van der Waals surface area contributed by atoms with E-state index in [1.54, 1.807) is 18.2 Å². The molecule has 0 aliphatic heterocycles. The molecule has 2 rings (SSSR count). The van der Waals surface area contributed by atoms with E-state index in [-0.39, 0.29) is 12.7 Å². The van der Waals surface area contributed by atoms with Gasteiger partial charge in [0.05, 0.1) is 25.4 Å². The molecule has 0 heterocycles. The molecule has 0 saturated heterocycles. The van der Waals surface area contributed by atoms with Crippen LogP contribution < -0.4 is 4.74 Å². The van der Waals surface area contributed by atoms with Crippen molar-refractivity contribution in [2.75, 3.05) is 7.11 Å². The molecule has 0 radical (unpaired) electrons. The van der Waals surface area contributed by atoms with Crippen LogP contribution in [0.15, 0.2) is 18.2 Å². The van der Waals surface area contributed by atoms with E-state index >= 15 is 0 Å². The quantitative estimate of drug-likeness (QED) is 0.837.